The summed E-state index contributed by atoms with van der Waals surface area (Å²) < 4.78 is 0. The molecule has 0 saturated carbocycles. The second-order valence-corrected chi connectivity index (χ2v) is 5.86. The van der Waals surface area contributed by atoms with Crippen LogP contribution < -0.4 is 16.0 Å². The van der Waals surface area contributed by atoms with Crippen LogP contribution in [0.25, 0.3) is 0 Å². The number of amides is 1. The molecule has 1 heterocycles. The quantitative estimate of drug-likeness (QED) is 0.632. The smallest absolute Gasteiger partial charge is 0.265 e. The predicted octanol–water partition coefficient (Wildman–Crippen LogP) is 1.46. The molecule has 1 aromatic rings. The summed E-state index contributed by atoms with van der Waals surface area (Å²) in [6, 6.07) is 0. The van der Waals surface area contributed by atoms with Crippen molar-refractivity contribution >= 4 is 28.2 Å². The topological polar surface area (TPSA) is 91.5 Å². The van der Waals surface area contributed by atoms with Crippen LogP contribution >= 0.6 is 11.3 Å². The molecule has 1 rings (SSSR count). The van der Waals surface area contributed by atoms with Crippen molar-refractivity contribution < 1.29 is 9.90 Å². The van der Waals surface area contributed by atoms with E-state index in [4.69, 9.17) is 10.8 Å². The van der Waals surface area contributed by atoms with Crippen molar-refractivity contribution in [2.24, 2.45) is 0 Å². The van der Waals surface area contributed by atoms with E-state index < -0.39 is 0 Å². The van der Waals surface area contributed by atoms with Crippen molar-refractivity contribution in [1.29, 1.82) is 0 Å². The van der Waals surface area contributed by atoms with Gasteiger partial charge in [-0.15, -0.1) is 0 Å². The number of carbonyl (C=O) groups excluding carboxylic acids is 1. The van der Waals surface area contributed by atoms with Gasteiger partial charge in [0.2, 0.25) is 0 Å². The van der Waals surface area contributed by atoms with E-state index >= 15 is 0 Å². The molecule has 0 saturated heterocycles. The second kappa shape index (κ2) is 8.06. The van der Waals surface area contributed by atoms with E-state index in [1.807, 2.05) is 11.9 Å². The van der Waals surface area contributed by atoms with Gasteiger partial charge in [0.05, 0.1) is 6.10 Å². The average Bonchev–Trinajstić information content (AvgIpc) is 2.77. The third kappa shape index (κ3) is 4.97. The second-order valence-electron chi connectivity index (χ2n) is 4.88. The number of rotatable bonds is 8. The number of hydrogen-bond donors (Lipinski definition) is 3. The molecule has 20 heavy (non-hydrogen) atoms. The van der Waals surface area contributed by atoms with Gasteiger partial charge in [0.25, 0.3) is 5.91 Å². The first-order chi connectivity index (χ1) is 9.45. The Morgan fingerprint density at radius 1 is 1.60 bits per heavy atom. The largest absolute Gasteiger partial charge is 0.393 e. The van der Waals surface area contributed by atoms with Crippen molar-refractivity contribution in [3.63, 3.8) is 0 Å². The Hall–Kier alpha value is -1.34. The van der Waals surface area contributed by atoms with E-state index in [2.05, 4.69) is 17.2 Å². The minimum absolute atomic E-state index is 0.193. The SMILES string of the molecule is CCCN(C)c1nc(N)c(C(=O)NCCCC(C)O)s1. The summed E-state index contributed by atoms with van der Waals surface area (Å²) in [7, 11) is 1.94. The lowest BCUT2D eigenvalue weighted by Crippen LogP contribution is -2.25. The summed E-state index contributed by atoms with van der Waals surface area (Å²) in [6.45, 7) is 5.23. The molecule has 1 aromatic heterocycles. The monoisotopic (exact) mass is 300 g/mol. The van der Waals surface area contributed by atoms with Crippen LogP contribution in [0, 0.1) is 0 Å². The lowest BCUT2D eigenvalue weighted by atomic mass is 10.2. The molecule has 7 heteroatoms. The lowest BCUT2D eigenvalue weighted by molar-refractivity contribution is 0.0954. The van der Waals surface area contributed by atoms with Crippen molar-refractivity contribution in [3.8, 4) is 0 Å². The predicted molar refractivity (Wildman–Crippen MR) is 83.3 cm³/mol. The van der Waals surface area contributed by atoms with E-state index in [9.17, 15) is 4.79 Å². The van der Waals surface area contributed by atoms with Crippen LogP contribution in [0.15, 0.2) is 0 Å². The molecule has 0 spiro atoms. The number of anilines is 2. The zero-order valence-electron chi connectivity index (χ0n) is 12.3. The zero-order valence-corrected chi connectivity index (χ0v) is 13.2. The van der Waals surface area contributed by atoms with Crippen LogP contribution in [0.5, 0.6) is 0 Å². The van der Waals surface area contributed by atoms with Crippen LogP contribution in [0.2, 0.25) is 0 Å². The molecule has 0 aliphatic rings. The molecule has 0 aromatic carbocycles. The highest BCUT2D eigenvalue weighted by Gasteiger charge is 2.17. The maximum atomic E-state index is 12.0. The number of aliphatic hydroxyl groups excluding tert-OH is 1. The highest BCUT2D eigenvalue weighted by atomic mass is 32.1. The summed E-state index contributed by atoms with van der Waals surface area (Å²) >= 11 is 1.31. The molecule has 1 atom stereocenters. The molecule has 6 nitrogen and oxygen atoms in total. The number of nitrogen functional groups attached to an aromatic ring is 1. The van der Waals surface area contributed by atoms with Gasteiger partial charge in [-0.2, -0.15) is 0 Å². The first kappa shape index (κ1) is 16.7. The summed E-state index contributed by atoms with van der Waals surface area (Å²) in [5.41, 5.74) is 5.80. The fraction of sp³-hybridized carbons (Fsp3) is 0.692. The first-order valence-corrected chi connectivity index (χ1v) is 7.71. The minimum atomic E-state index is -0.338. The van der Waals surface area contributed by atoms with Crippen molar-refractivity contribution in [1.82, 2.24) is 10.3 Å². The number of nitrogens with zero attached hydrogens (tertiary/aromatic N) is 2. The standard InChI is InChI=1S/C13H24N4O2S/c1-4-8-17(3)13-16-11(14)10(20-13)12(19)15-7-5-6-9(2)18/h9,18H,4-8,14H2,1-3H3,(H,15,19). The maximum absolute atomic E-state index is 12.0. The molecular weight excluding hydrogens is 276 g/mol. The average molecular weight is 300 g/mol. The molecule has 0 fully saturated rings. The molecular formula is C13H24N4O2S. The number of carbonyl (C=O) groups is 1. The lowest BCUT2D eigenvalue weighted by Gasteiger charge is -2.13. The van der Waals surface area contributed by atoms with Gasteiger partial charge >= 0.3 is 0 Å². The third-order valence-electron chi connectivity index (χ3n) is 2.82. The summed E-state index contributed by atoms with van der Waals surface area (Å²) in [6.07, 6.45) is 2.08. The number of nitrogens with two attached hydrogens (primary N) is 1. The Morgan fingerprint density at radius 2 is 2.30 bits per heavy atom. The van der Waals surface area contributed by atoms with Gasteiger partial charge in [0, 0.05) is 20.1 Å². The Bertz CT molecular complexity index is 434. The molecule has 0 aliphatic carbocycles. The van der Waals surface area contributed by atoms with Crippen LogP contribution in [0.1, 0.15) is 42.8 Å². The van der Waals surface area contributed by atoms with E-state index in [1.54, 1.807) is 6.92 Å². The third-order valence-corrected chi connectivity index (χ3v) is 4.00. The number of aromatic nitrogens is 1. The zero-order chi connectivity index (χ0) is 15.1. The van der Waals surface area contributed by atoms with Gasteiger partial charge in [0.15, 0.2) is 5.13 Å². The van der Waals surface area contributed by atoms with Gasteiger partial charge in [-0.05, 0) is 26.2 Å². The fourth-order valence-corrected chi connectivity index (χ4v) is 2.65. The van der Waals surface area contributed by atoms with Crippen LogP contribution in [0.4, 0.5) is 10.9 Å². The fourth-order valence-electron chi connectivity index (χ4n) is 1.76. The number of hydrogen-bond acceptors (Lipinski definition) is 6. The summed E-state index contributed by atoms with van der Waals surface area (Å²) in [5, 5.41) is 12.7. The van der Waals surface area contributed by atoms with Crippen molar-refractivity contribution in [2.75, 3.05) is 30.8 Å². The highest BCUT2D eigenvalue weighted by Crippen LogP contribution is 2.27. The first-order valence-electron chi connectivity index (χ1n) is 6.89. The molecule has 1 unspecified atom stereocenters. The number of nitrogens with one attached hydrogen (secondary N) is 1. The molecule has 1 amide bonds. The van der Waals surface area contributed by atoms with Crippen LogP contribution in [-0.2, 0) is 0 Å². The van der Waals surface area contributed by atoms with Crippen LogP contribution in [-0.4, -0.2) is 42.2 Å². The van der Waals surface area contributed by atoms with Crippen molar-refractivity contribution in [3.05, 3.63) is 4.88 Å². The van der Waals surface area contributed by atoms with E-state index in [1.165, 1.54) is 11.3 Å². The van der Waals surface area contributed by atoms with E-state index in [0.717, 1.165) is 24.5 Å². The van der Waals surface area contributed by atoms with Gasteiger partial charge in [-0.3, -0.25) is 4.79 Å². The minimum Gasteiger partial charge on any atom is -0.393 e. The van der Waals surface area contributed by atoms with Gasteiger partial charge in [0.1, 0.15) is 10.7 Å². The number of aliphatic hydroxyl groups is 1. The van der Waals surface area contributed by atoms with Gasteiger partial charge in [-0.1, -0.05) is 18.3 Å². The van der Waals surface area contributed by atoms with Crippen molar-refractivity contribution in [2.45, 2.75) is 39.2 Å². The molecule has 0 aliphatic heterocycles. The Kier molecular flexibility index (Phi) is 6.74. The van der Waals surface area contributed by atoms with Crippen LogP contribution in [0.3, 0.4) is 0 Å². The summed E-state index contributed by atoms with van der Waals surface area (Å²) in [5.74, 6) is 0.0859. The molecule has 114 valence electrons. The summed E-state index contributed by atoms with van der Waals surface area (Å²) in [4.78, 5) is 18.7. The van der Waals surface area contributed by atoms with E-state index in [-0.39, 0.29) is 17.8 Å². The Labute approximate surface area is 124 Å². The Balaban J connectivity index is 2.55. The highest BCUT2D eigenvalue weighted by molar-refractivity contribution is 7.18. The van der Waals surface area contributed by atoms with E-state index in [0.29, 0.717) is 17.8 Å². The maximum Gasteiger partial charge on any atom is 0.265 e. The van der Waals surface area contributed by atoms with Gasteiger partial charge in [-0.25, -0.2) is 4.98 Å². The van der Waals surface area contributed by atoms with Gasteiger partial charge < -0.3 is 21.1 Å². The molecule has 0 bridgehead atoms. The molecule has 0 radical (unpaired) electrons. The normalized spacial score (nSPS) is 12.2. The Morgan fingerprint density at radius 3 is 2.90 bits per heavy atom. The number of thiazole rings is 1. The molecule has 4 N–H and O–H groups in total.